The number of cyclic esters (lactones) is 2. The van der Waals surface area contributed by atoms with Crippen molar-refractivity contribution < 1.29 is 23.9 Å². The third-order valence-electron chi connectivity index (χ3n) is 1.69. The molecule has 1 rings (SSSR count). The lowest BCUT2D eigenvalue weighted by Gasteiger charge is -2.17. The first kappa shape index (κ1) is 10.7. The van der Waals surface area contributed by atoms with Crippen LogP contribution in [0.25, 0.3) is 0 Å². The molecule has 0 aromatic carbocycles. The van der Waals surface area contributed by atoms with E-state index in [-0.39, 0.29) is 6.42 Å². The van der Waals surface area contributed by atoms with Gasteiger partial charge in [-0.25, -0.2) is 4.79 Å². The number of esters is 3. The smallest absolute Gasteiger partial charge is 0.355 e. The summed E-state index contributed by atoms with van der Waals surface area (Å²) in [6.07, 6.45) is -1.24. The van der Waals surface area contributed by atoms with Gasteiger partial charge < -0.3 is 9.47 Å². The maximum atomic E-state index is 11.3. The van der Waals surface area contributed by atoms with E-state index in [1.807, 2.05) is 0 Å². The van der Waals surface area contributed by atoms with Crippen LogP contribution in [0.4, 0.5) is 0 Å². The minimum absolute atomic E-state index is 0.180. The molecule has 1 fully saturated rings. The highest BCUT2D eigenvalue weighted by atomic mass is 16.6. The summed E-state index contributed by atoms with van der Waals surface area (Å²) in [7, 11) is 0. The zero-order valence-corrected chi connectivity index (χ0v) is 8.33. The van der Waals surface area contributed by atoms with Crippen LogP contribution in [0, 0.1) is 5.41 Å². The second-order valence-electron chi connectivity index (χ2n) is 4.14. The standard InChI is InChI=1S/C9H12O5/c1-9(2,3)8(12)13-5-4-6(10)14-7(5)11/h5H,4H2,1-3H3. The monoisotopic (exact) mass is 200 g/mol. The normalized spacial score (nSPS) is 22.1. The van der Waals surface area contributed by atoms with Crippen molar-refractivity contribution in [3.63, 3.8) is 0 Å². The van der Waals surface area contributed by atoms with Gasteiger partial charge in [0.05, 0.1) is 11.8 Å². The van der Waals surface area contributed by atoms with E-state index in [0.29, 0.717) is 0 Å². The SMILES string of the molecule is CC(C)(C)C(=O)OC1CC(=O)OC1=O. The first-order chi connectivity index (χ1) is 6.30. The molecule has 0 amide bonds. The highest BCUT2D eigenvalue weighted by Gasteiger charge is 2.38. The van der Waals surface area contributed by atoms with E-state index in [1.54, 1.807) is 20.8 Å². The van der Waals surface area contributed by atoms with Gasteiger partial charge in [0.2, 0.25) is 6.10 Å². The van der Waals surface area contributed by atoms with Gasteiger partial charge in [-0.15, -0.1) is 0 Å². The Hall–Kier alpha value is -1.39. The van der Waals surface area contributed by atoms with Crippen molar-refractivity contribution in [3.8, 4) is 0 Å². The fraction of sp³-hybridized carbons (Fsp3) is 0.667. The highest BCUT2D eigenvalue weighted by molar-refractivity contribution is 5.97. The quantitative estimate of drug-likeness (QED) is 0.453. The number of carbonyl (C=O) groups excluding carboxylic acids is 3. The summed E-state index contributed by atoms with van der Waals surface area (Å²) >= 11 is 0. The second-order valence-corrected chi connectivity index (χ2v) is 4.14. The molecule has 1 saturated heterocycles. The van der Waals surface area contributed by atoms with Gasteiger partial charge >= 0.3 is 17.9 Å². The van der Waals surface area contributed by atoms with Gasteiger partial charge in [-0.2, -0.15) is 0 Å². The van der Waals surface area contributed by atoms with Crippen molar-refractivity contribution in [3.05, 3.63) is 0 Å². The summed E-state index contributed by atoms with van der Waals surface area (Å²) in [6.45, 7) is 4.99. The van der Waals surface area contributed by atoms with E-state index in [1.165, 1.54) is 0 Å². The molecule has 1 heterocycles. The lowest BCUT2D eigenvalue weighted by atomic mass is 9.97. The molecule has 5 nitrogen and oxygen atoms in total. The molecule has 0 aromatic rings. The average molecular weight is 200 g/mol. The van der Waals surface area contributed by atoms with Crippen molar-refractivity contribution >= 4 is 17.9 Å². The largest absolute Gasteiger partial charge is 0.449 e. The molecule has 1 aliphatic rings. The fourth-order valence-corrected chi connectivity index (χ4v) is 0.850. The Morgan fingerprint density at radius 3 is 2.36 bits per heavy atom. The van der Waals surface area contributed by atoms with E-state index < -0.39 is 29.4 Å². The Balaban J connectivity index is 2.58. The van der Waals surface area contributed by atoms with Crippen molar-refractivity contribution in [2.45, 2.75) is 33.3 Å². The van der Waals surface area contributed by atoms with Crippen molar-refractivity contribution in [2.75, 3.05) is 0 Å². The number of carbonyl (C=O) groups is 3. The third-order valence-corrected chi connectivity index (χ3v) is 1.69. The number of ether oxygens (including phenoxy) is 2. The molecule has 78 valence electrons. The van der Waals surface area contributed by atoms with E-state index in [4.69, 9.17) is 4.74 Å². The summed E-state index contributed by atoms with van der Waals surface area (Å²) < 4.78 is 9.06. The molecule has 0 aliphatic carbocycles. The molecule has 1 unspecified atom stereocenters. The van der Waals surface area contributed by atoms with E-state index >= 15 is 0 Å². The van der Waals surface area contributed by atoms with Crippen molar-refractivity contribution in [2.24, 2.45) is 5.41 Å². The molecule has 1 aliphatic heterocycles. The summed E-state index contributed by atoms with van der Waals surface area (Å²) in [5, 5.41) is 0. The summed E-state index contributed by atoms with van der Waals surface area (Å²) in [5.74, 6) is -1.96. The maximum Gasteiger partial charge on any atom is 0.355 e. The van der Waals surface area contributed by atoms with Crippen LogP contribution < -0.4 is 0 Å². The van der Waals surface area contributed by atoms with Crippen LogP contribution in [-0.4, -0.2) is 24.0 Å². The van der Waals surface area contributed by atoms with Gasteiger partial charge in [0, 0.05) is 0 Å². The molecular formula is C9H12O5. The Morgan fingerprint density at radius 1 is 1.43 bits per heavy atom. The maximum absolute atomic E-state index is 11.3. The van der Waals surface area contributed by atoms with Gasteiger partial charge in [0.1, 0.15) is 0 Å². The molecule has 0 aromatic heterocycles. The van der Waals surface area contributed by atoms with Crippen LogP contribution in [0.5, 0.6) is 0 Å². The Morgan fingerprint density at radius 2 is 2.00 bits per heavy atom. The molecule has 0 bridgehead atoms. The third kappa shape index (κ3) is 2.31. The minimum Gasteiger partial charge on any atom is -0.449 e. The Kier molecular flexibility index (Phi) is 2.59. The van der Waals surface area contributed by atoms with Crippen LogP contribution in [0.15, 0.2) is 0 Å². The minimum atomic E-state index is -1.06. The van der Waals surface area contributed by atoms with Crippen molar-refractivity contribution in [1.29, 1.82) is 0 Å². The lowest BCUT2D eigenvalue weighted by Crippen LogP contribution is -2.30. The van der Waals surface area contributed by atoms with Crippen LogP contribution >= 0.6 is 0 Å². The molecule has 0 spiro atoms. The first-order valence-electron chi connectivity index (χ1n) is 4.26. The number of hydrogen-bond acceptors (Lipinski definition) is 5. The van der Waals surface area contributed by atoms with Gasteiger partial charge in [0.15, 0.2) is 0 Å². The topological polar surface area (TPSA) is 69.7 Å². The summed E-state index contributed by atoms with van der Waals surface area (Å²) in [4.78, 5) is 32.9. The second kappa shape index (κ2) is 3.40. The van der Waals surface area contributed by atoms with Crippen LogP contribution in [-0.2, 0) is 23.9 Å². The van der Waals surface area contributed by atoms with Gasteiger partial charge in [0.25, 0.3) is 0 Å². The fourth-order valence-electron chi connectivity index (χ4n) is 0.850. The Labute approximate surface area is 81.4 Å². The predicted molar refractivity (Wildman–Crippen MR) is 45.1 cm³/mol. The molecule has 0 saturated carbocycles. The molecule has 0 N–H and O–H groups in total. The summed E-state index contributed by atoms with van der Waals surface area (Å²) in [5.41, 5.74) is -0.689. The molecule has 14 heavy (non-hydrogen) atoms. The van der Waals surface area contributed by atoms with Crippen LogP contribution in [0.1, 0.15) is 27.2 Å². The first-order valence-corrected chi connectivity index (χ1v) is 4.26. The van der Waals surface area contributed by atoms with Crippen LogP contribution in [0.2, 0.25) is 0 Å². The predicted octanol–water partition coefficient (Wildman–Crippen LogP) is 0.418. The molecular weight excluding hydrogens is 188 g/mol. The lowest BCUT2D eigenvalue weighted by molar-refractivity contribution is -0.167. The van der Waals surface area contributed by atoms with E-state index in [2.05, 4.69) is 4.74 Å². The highest BCUT2D eigenvalue weighted by Crippen LogP contribution is 2.20. The zero-order valence-electron chi connectivity index (χ0n) is 8.33. The molecule has 5 heteroatoms. The van der Waals surface area contributed by atoms with E-state index in [0.717, 1.165) is 0 Å². The zero-order chi connectivity index (χ0) is 10.9. The number of hydrogen-bond donors (Lipinski definition) is 0. The van der Waals surface area contributed by atoms with E-state index in [9.17, 15) is 14.4 Å². The van der Waals surface area contributed by atoms with Gasteiger partial charge in [-0.05, 0) is 20.8 Å². The van der Waals surface area contributed by atoms with Gasteiger partial charge in [-0.1, -0.05) is 0 Å². The number of rotatable bonds is 1. The molecule has 1 atom stereocenters. The average Bonchev–Trinajstić information content (AvgIpc) is 2.28. The molecule has 0 radical (unpaired) electrons. The van der Waals surface area contributed by atoms with Crippen molar-refractivity contribution in [1.82, 2.24) is 0 Å². The van der Waals surface area contributed by atoms with Gasteiger partial charge in [-0.3, -0.25) is 9.59 Å². The summed E-state index contributed by atoms with van der Waals surface area (Å²) in [6, 6.07) is 0. The van der Waals surface area contributed by atoms with Crippen LogP contribution in [0.3, 0.4) is 0 Å². The Bertz CT molecular complexity index is 286.